The summed E-state index contributed by atoms with van der Waals surface area (Å²) < 4.78 is 0. The number of amides is 1. The standard InChI is InChI=1S/C20H37NO/c1-14(2)12-18-17-13-16(5)10-8-6-7-9-11-19(17)21(15(3)4)20(18)22/h14-19H,6-13H2,1-5H3. The quantitative estimate of drug-likeness (QED) is 0.696. The molecule has 2 rings (SSSR count). The largest absolute Gasteiger partial charge is 0.337 e. The van der Waals surface area contributed by atoms with Crippen LogP contribution in [0.15, 0.2) is 0 Å². The Balaban J connectivity index is 2.25. The zero-order chi connectivity index (χ0) is 16.3. The number of hydrogen-bond donors (Lipinski definition) is 0. The summed E-state index contributed by atoms with van der Waals surface area (Å²) >= 11 is 0. The molecule has 2 heteroatoms. The number of likely N-dealkylation sites (tertiary alicyclic amines) is 1. The van der Waals surface area contributed by atoms with Gasteiger partial charge in [-0.25, -0.2) is 0 Å². The van der Waals surface area contributed by atoms with Gasteiger partial charge in [0.25, 0.3) is 0 Å². The minimum absolute atomic E-state index is 0.286. The lowest BCUT2D eigenvalue weighted by Crippen LogP contribution is -2.40. The van der Waals surface area contributed by atoms with Crippen molar-refractivity contribution in [2.45, 2.75) is 98.1 Å². The highest BCUT2D eigenvalue weighted by molar-refractivity contribution is 5.82. The third kappa shape index (κ3) is 4.06. The van der Waals surface area contributed by atoms with Crippen molar-refractivity contribution in [2.24, 2.45) is 23.7 Å². The first-order chi connectivity index (χ1) is 10.4. The molecule has 128 valence electrons. The lowest BCUT2D eigenvalue weighted by Gasteiger charge is -2.33. The molecular weight excluding hydrogens is 270 g/mol. The highest BCUT2D eigenvalue weighted by Gasteiger charge is 2.48. The first kappa shape index (κ1) is 17.8. The van der Waals surface area contributed by atoms with Gasteiger partial charge in [0, 0.05) is 18.0 Å². The van der Waals surface area contributed by atoms with Crippen LogP contribution in [0.2, 0.25) is 0 Å². The van der Waals surface area contributed by atoms with E-state index in [0.29, 0.717) is 29.8 Å². The van der Waals surface area contributed by atoms with E-state index in [0.717, 1.165) is 12.3 Å². The van der Waals surface area contributed by atoms with Crippen molar-refractivity contribution in [1.29, 1.82) is 0 Å². The van der Waals surface area contributed by atoms with E-state index in [1.165, 1.54) is 44.9 Å². The van der Waals surface area contributed by atoms with Gasteiger partial charge in [0.1, 0.15) is 0 Å². The smallest absolute Gasteiger partial charge is 0.226 e. The zero-order valence-electron chi connectivity index (χ0n) is 15.5. The van der Waals surface area contributed by atoms with Gasteiger partial charge in [-0.15, -0.1) is 0 Å². The summed E-state index contributed by atoms with van der Waals surface area (Å²) in [4.78, 5) is 15.3. The Morgan fingerprint density at radius 3 is 2.27 bits per heavy atom. The van der Waals surface area contributed by atoms with E-state index in [2.05, 4.69) is 39.5 Å². The molecule has 1 amide bonds. The van der Waals surface area contributed by atoms with Gasteiger partial charge in [-0.2, -0.15) is 0 Å². The molecule has 0 aromatic rings. The first-order valence-electron chi connectivity index (χ1n) is 9.74. The van der Waals surface area contributed by atoms with E-state index >= 15 is 0 Å². The average molecular weight is 308 g/mol. The maximum atomic E-state index is 13.1. The Bertz CT molecular complexity index is 363. The van der Waals surface area contributed by atoms with Gasteiger partial charge in [0.15, 0.2) is 0 Å². The maximum Gasteiger partial charge on any atom is 0.226 e. The van der Waals surface area contributed by atoms with Gasteiger partial charge >= 0.3 is 0 Å². The summed E-state index contributed by atoms with van der Waals surface area (Å²) in [6.07, 6.45) is 10.4. The van der Waals surface area contributed by atoms with Crippen molar-refractivity contribution >= 4 is 5.91 Å². The van der Waals surface area contributed by atoms with Gasteiger partial charge in [0.2, 0.25) is 5.91 Å². The van der Waals surface area contributed by atoms with Crippen LogP contribution in [0.5, 0.6) is 0 Å². The molecule has 1 saturated carbocycles. The van der Waals surface area contributed by atoms with Gasteiger partial charge in [-0.3, -0.25) is 4.79 Å². The molecule has 4 atom stereocenters. The van der Waals surface area contributed by atoms with Crippen LogP contribution in [-0.4, -0.2) is 22.9 Å². The fourth-order valence-electron chi connectivity index (χ4n) is 4.89. The van der Waals surface area contributed by atoms with Gasteiger partial charge < -0.3 is 4.90 Å². The predicted molar refractivity (Wildman–Crippen MR) is 93.7 cm³/mol. The Hall–Kier alpha value is -0.530. The second kappa shape index (κ2) is 7.84. The minimum atomic E-state index is 0.286. The van der Waals surface area contributed by atoms with Crippen LogP contribution in [0, 0.1) is 23.7 Å². The molecule has 0 spiro atoms. The monoisotopic (exact) mass is 307 g/mol. The number of carbonyl (C=O) groups excluding carboxylic acids is 1. The van der Waals surface area contributed by atoms with Crippen LogP contribution < -0.4 is 0 Å². The molecule has 1 aliphatic heterocycles. The second-order valence-corrected chi connectivity index (χ2v) is 8.64. The third-order valence-electron chi connectivity index (χ3n) is 5.84. The number of carbonyl (C=O) groups is 1. The SMILES string of the molecule is CC(C)CC1C(=O)N(C(C)C)C2CCCCCCC(C)CC12. The van der Waals surface area contributed by atoms with Gasteiger partial charge in [-0.05, 0) is 50.9 Å². The highest BCUT2D eigenvalue weighted by Crippen LogP contribution is 2.43. The molecule has 2 nitrogen and oxygen atoms in total. The number of nitrogens with zero attached hydrogens (tertiary/aromatic N) is 1. The normalized spacial score (nSPS) is 34.3. The van der Waals surface area contributed by atoms with Gasteiger partial charge in [-0.1, -0.05) is 52.9 Å². The van der Waals surface area contributed by atoms with Crippen molar-refractivity contribution < 1.29 is 4.79 Å². The molecule has 4 unspecified atom stereocenters. The second-order valence-electron chi connectivity index (χ2n) is 8.64. The highest BCUT2D eigenvalue weighted by atomic mass is 16.2. The molecule has 1 saturated heterocycles. The molecular formula is C20H37NO. The Morgan fingerprint density at radius 2 is 1.68 bits per heavy atom. The Kier molecular flexibility index (Phi) is 6.35. The molecule has 1 heterocycles. The van der Waals surface area contributed by atoms with E-state index in [-0.39, 0.29) is 5.92 Å². The number of hydrogen-bond acceptors (Lipinski definition) is 1. The zero-order valence-corrected chi connectivity index (χ0v) is 15.5. The van der Waals surface area contributed by atoms with Crippen molar-refractivity contribution in [1.82, 2.24) is 4.90 Å². The summed E-state index contributed by atoms with van der Waals surface area (Å²) in [5, 5.41) is 0. The van der Waals surface area contributed by atoms with Crippen LogP contribution in [0.1, 0.15) is 86.0 Å². The van der Waals surface area contributed by atoms with Crippen LogP contribution in [0.25, 0.3) is 0 Å². The lowest BCUT2D eigenvalue weighted by atomic mass is 9.76. The average Bonchev–Trinajstić information content (AvgIpc) is 2.67. The predicted octanol–water partition coefficient (Wildman–Crippen LogP) is 5.26. The summed E-state index contributed by atoms with van der Waals surface area (Å²) in [6, 6.07) is 0.868. The van der Waals surface area contributed by atoms with E-state index in [9.17, 15) is 4.79 Å². The molecule has 1 aliphatic carbocycles. The van der Waals surface area contributed by atoms with E-state index in [1.54, 1.807) is 0 Å². The molecule has 0 bridgehead atoms. The van der Waals surface area contributed by atoms with E-state index in [4.69, 9.17) is 0 Å². The van der Waals surface area contributed by atoms with Crippen LogP contribution >= 0.6 is 0 Å². The number of rotatable bonds is 3. The van der Waals surface area contributed by atoms with Crippen LogP contribution in [0.3, 0.4) is 0 Å². The fourth-order valence-corrected chi connectivity index (χ4v) is 4.89. The summed E-state index contributed by atoms with van der Waals surface area (Å²) in [5.74, 6) is 2.75. The van der Waals surface area contributed by atoms with Crippen LogP contribution in [0.4, 0.5) is 0 Å². The first-order valence-corrected chi connectivity index (χ1v) is 9.74. The Morgan fingerprint density at radius 1 is 1.05 bits per heavy atom. The summed E-state index contributed by atoms with van der Waals surface area (Å²) in [7, 11) is 0. The summed E-state index contributed by atoms with van der Waals surface area (Å²) in [5.41, 5.74) is 0. The molecule has 2 aliphatic rings. The Labute approximate surface area is 138 Å². The summed E-state index contributed by atoms with van der Waals surface area (Å²) in [6.45, 7) is 11.4. The molecule has 0 radical (unpaired) electrons. The van der Waals surface area contributed by atoms with Crippen molar-refractivity contribution in [3.8, 4) is 0 Å². The van der Waals surface area contributed by atoms with Crippen molar-refractivity contribution in [2.75, 3.05) is 0 Å². The maximum absolute atomic E-state index is 13.1. The van der Waals surface area contributed by atoms with Crippen LogP contribution in [-0.2, 0) is 4.79 Å². The third-order valence-corrected chi connectivity index (χ3v) is 5.84. The lowest BCUT2D eigenvalue weighted by molar-refractivity contribution is -0.134. The van der Waals surface area contributed by atoms with E-state index in [1.807, 2.05) is 0 Å². The minimum Gasteiger partial charge on any atom is -0.337 e. The molecule has 0 aromatic carbocycles. The van der Waals surface area contributed by atoms with E-state index < -0.39 is 0 Å². The van der Waals surface area contributed by atoms with Crippen molar-refractivity contribution in [3.63, 3.8) is 0 Å². The molecule has 0 aromatic heterocycles. The van der Waals surface area contributed by atoms with Crippen molar-refractivity contribution in [3.05, 3.63) is 0 Å². The topological polar surface area (TPSA) is 20.3 Å². The number of fused-ring (bicyclic) bond motifs is 1. The molecule has 22 heavy (non-hydrogen) atoms. The van der Waals surface area contributed by atoms with Gasteiger partial charge in [0.05, 0.1) is 0 Å². The molecule has 0 N–H and O–H groups in total. The fraction of sp³-hybridized carbons (Fsp3) is 0.950. The molecule has 2 fully saturated rings.